The largest absolute Gasteiger partial charge is 0.496 e. The minimum absolute atomic E-state index is 0.365. The van der Waals surface area contributed by atoms with Crippen LogP contribution in [0.5, 0.6) is 23.0 Å². The van der Waals surface area contributed by atoms with Gasteiger partial charge in [-0.3, -0.25) is 0 Å². The number of hydrogen-bond acceptors (Lipinski definition) is 7. The summed E-state index contributed by atoms with van der Waals surface area (Å²) in [5.41, 5.74) is 1.54. The highest BCUT2D eigenvalue weighted by atomic mass is 32.1. The van der Waals surface area contributed by atoms with Crippen molar-refractivity contribution in [2.75, 3.05) is 27.9 Å². The van der Waals surface area contributed by atoms with E-state index in [1.165, 1.54) is 0 Å². The first-order valence-corrected chi connectivity index (χ1v) is 9.27. The van der Waals surface area contributed by atoms with Gasteiger partial charge in [-0.1, -0.05) is 0 Å². The Balaban J connectivity index is 1.98. The molecule has 0 spiro atoms. The Hall–Kier alpha value is -3.33. The lowest BCUT2D eigenvalue weighted by Gasteiger charge is -2.11. The number of H-pyrrole nitrogens is 1. The van der Waals surface area contributed by atoms with E-state index in [1.54, 1.807) is 44.4 Å². The molecule has 0 fully saturated rings. The van der Waals surface area contributed by atoms with Gasteiger partial charge in [-0.25, -0.2) is 5.10 Å². The smallest absolute Gasteiger partial charge is 0.216 e. The van der Waals surface area contributed by atoms with Crippen LogP contribution in [0, 0.1) is 4.77 Å². The molecule has 2 aromatic carbocycles. The molecule has 1 aromatic heterocycles. The van der Waals surface area contributed by atoms with Crippen LogP contribution in [0.1, 0.15) is 12.5 Å². The lowest BCUT2D eigenvalue weighted by molar-refractivity contribution is 0.340. The van der Waals surface area contributed by atoms with Crippen LogP contribution in [0.25, 0.3) is 11.4 Å². The lowest BCUT2D eigenvalue weighted by atomic mass is 10.2. The molecule has 0 aliphatic rings. The number of rotatable bonds is 8. The predicted octanol–water partition coefficient (Wildman–Crippen LogP) is 3.91. The van der Waals surface area contributed by atoms with Gasteiger partial charge in [0.25, 0.3) is 0 Å². The number of nitrogens with one attached hydrogen (secondary N) is 1. The van der Waals surface area contributed by atoms with E-state index in [9.17, 15) is 0 Å². The molecule has 29 heavy (non-hydrogen) atoms. The van der Waals surface area contributed by atoms with E-state index >= 15 is 0 Å². The Morgan fingerprint density at radius 3 is 2.31 bits per heavy atom. The van der Waals surface area contributed by atoms with Crippen molar-refractivity contribution < 1.29 is 18.9 Å². The van der Waals surface area contributed by atoms with E-state index in [1.807, 2.05) is 31.2 Å². The predicted molar refractivity (Wildman–Crippen MR) is 113 cm³/mol. The van der Waals surface area contributed by atoms with Crippen LogP contribution in [0.3, 0.4) is 0 Å². The van der Waals surface area contributed by atoms with Gasteiger partial charge in [0.05, 0.1) is 34.2 Å². The number of hydrogen-bond donors (Lipinski definition) is 1. The average molecular weight is 414 g/mol. The second-order valence-corrected chi connectivity index (χ2v) is 6.20. The van der Waals surface area contributed by atoms with Gasteiger partial charge in [0, 0.05) is 17.2 Å². The molecule has 0 aliphatic heterocycles. The molecule has 0 bridgehead atoms. The normalized spacial score (nSPS) is 10.9. The molecule has 0 unspecified atom stereocenters. The number of ether oxygens (including phenoxy) is 4. The fraction of sp³-hybridized carbons (Fsp3) is 0.250. The lowest BCUT2D eigenvalue weighted by Crippen LogP contribution is -1.99. The van der Waals surface area contributed by atoms with Crippen LogP contribution in [0.15, 0.2) is 41.5 Å². The monoisotopic (exact) mass is 414 g/mol. The van der Waals surface area contributed by atoms with Gasteiger partial charge in [0.15, 0.2) is 17.3 Å². The maximum absolute atomic E-state index is 5.48. The molecule has 152 valence electrons. The molecule has 3 aromatic rings. The molecule has 1 N–H and O–H groups in total. The summed E-state index contributed by atoms with van der Waals surface area (Å²) in [6.07, 6.45) is 1.63. The Morgan fingerprint density at radius 1 is 1.03 bits per heavy atom. The Labute approximate surface area is 173 Å². The van der Waals surface area contributed by atoms with Gasteiger partial charge in [-0.05, 0) is 49.5 Å². The van der Waals surface area contributed by atoms with E-state index in [0.717, 1.165) is 11.3 Å². The number of methoxy groups -OCH3 is 3. The minimum Gasteiger partial charge on any atom is -0.496 e. The van der Waals surface area contributed by atoms with Gasteiger partial charge in [0.2, 0.25) is 4.77 Å². The fourth-order valence-electron chi connectivity index (χ4n) is 2.73. The van der Waals surface area contributed by atoms with Crippen LogP contribution < -0.4 is 18.9 Å². The molecule has 0 saturated heterocycles. The zero-order chi connectivity index (χ0) is 20.8. The molecular weight excluding hydrogens is 392 g/mol. The highest BCUT2D eigenvalue weighted by Gasteiger charge is 2.12. The third-order valence-electron chi connectivity index (χ3n) is 4.12. The number of benzene rings is 2. The zero-order valence-corrected chi connectivity index (χ0v) is 17.4. The topological polar surface area (TPSA) is 82.9 Å². The van der Waals surface area contributed by atoms with Crippen molar-refractivity contribution in [2.24, 2.45) is 5.10 Å². The van der Waals surface area contributed by atoms with Crippen molar-refractivity contribution in [3.8, 4) is 34.4 Å². The third-order valence-corrected chi connectivity index (χ3v) is 4.39. The molecule has 1 heterocycles. The van der Waals surface area contributed by atoms with Gasteiger partial charge >= 0.3 is 0 Å². The van der Waals surface area contributed by atoms with Crippen molar-refractivity contribution in [1.29, 1.82) is 0 Å². The summed E-state index contributed by atoms with van der Waals surface area (Å²) in [4.78, 5) is 0. The first-order valence-electron chi connectivity index (χ1n) is 8.86. The van der Waals surface area contributed by atoms with E-state index < -0.39 is 0 Å². The second-order valence-electron chi connectivity index (χ2n) is 5.82. The summed E-state index contributed by atoms with van der Waals surface area (Å²) in [6, 6.07) is 11.1. The average Bonchev–Trinajstić information content (AvgIpc) is 3.12. The van der Waals surface area contributed by atoms with Crippen molar-refractivity contribution >= 4 is 18.4 Å². The van der Waals surface area contributed by atoms with Crippen molar-refractivity contribution in [2.45, 2.75) is 6.92 Å². The second kappa shape index (κ2) is 9.24. The standard InChI is InChI=1S/C20H22N4O4S/c1-5-28-15-8-6-13(7-9-15)19-22-23-20(29)24(19)21-12-14-10-17(26-3)18(27-4)11-16(14)25-2/h6-12H,5H2,1-4H3,(H,23,29)/b21-12+. The van der Waals surface area contributed by atoms with E-state index in [2.05, 4.69) is 15.3 Å². The summed E-state index contributed by atoms with van der Waals surface area (Å²) in [7, 11) is 4.72. The van der Waals surface area contributed by atoms with Crippen LogP contribution in [-0.2, 0) is 0 Å². The number of nitrogens with zero attached hydrogens (tertiary/aromatic N) is 3. The molecule has 0 radical (unpaired) electrons. The Bertz CT molecular complexity index is 1060. The molecule has 9 heteroatoms. The van der Waals surface area contributed by atoms with Gasteiger partial charge in [-0.2, -0.15) is 14.9 Å². The maximum atomic E-state index is 5.48. The number of aromatic amines is 1. The van der Waals surface area contributed by atoms with Crippen molar-refractivity contribution in [3.63, 3.8) is 0 Å². The summed E-state index contributed by atoms with van der Waals surface area (Å²) in [6.45, 7) is 2.55. The highest BCUT2D eigenvalue weighted by Crippen LogP contribution is 2.33. The minimum atomic E-state index is 0.365. The van der Waals surface area contributed by atoms with E-state index in [-0.39, 0.29) is 0 Å². The van der Waals surface area contributed by atoms with Gasteiger partial charge in [-0.15, -0.1) is 0 Å². The molecule has 0 aliphatic carbocycles. The summed E-state index contributed by atoms with van der Waals surface area (Å²) in [5.74, 6) is 3.09. The molecule has 0 amide bonds. The molecule has 8 nitrogen and oxygen atoms in total. The first kappa shape index (κ1) is 20.4. The van der Waals surface area contributed by atoms with E-state index in [4.69, 9.17) is 31.2 Å². The van der Waals surface area contributed by atoms with Gasteiger partial charge in [0.1, 0.15) is 11.5 Å². The fourth-order valence-corrected chi connectivity index (χ4v) is 2.91. The third kappa shape index (κ3) is 4.40. The number of aromatic nitrogens is 3. The van der Waals surface area contributed by atoms with Gasteiger partial charge < -0.3 is 18.9 Å². The van der Waals surface area contributed by atoms with E-state index in [0.29, 0.717) is 40.0 Å². The summed E-state index contributed by atoms with van der Waals surface area (Å²) in [5, 5.41) is 11.6. The zero-order valence-electron chi connectivity index (χ0n) is 16.6. The molecule has 3 rings (SSSR count). The summed E-state index contributed by atoms with van der Waals surface area (Å²) >= 11 is 5.34. The maximum Gasteiger partial charge on any atom is 0.216 e. The molecule has 0 saturated carbocycles. The SMILES string of the molecule is CCOc1ccc(-c2n[nH]c(=S)n2/N=C/c2cc(OC)c(OC)cc2OC)cc1. The first-order chi connectivity index (χ1) is 14.1. The van der Waals surface area contributed by atoms with Crippen LogP contribution in [0.2, 0.25) is 0 Å². The van der Waals surface area contributed by atoms with Crippen LogP contribution in [0.4, 0.5) is 0 Å². The van der Waals surface area contributed by atoms with Crippen LogP contribution >= 0.6 is 12.2 Å². The Kier molecular flexibility index (Phi) is 6.50. The Morgan fingerprint density at radius 2 is 1.69 bits per heavy atom. The highest BCUT2D eigenvalue weighted by molar-refractivity contribution is 7.71. The quantitative estimate of drug-likeness (QED) is 0.444. The van der Waals surface area contributed by atoms with Crippen LogP contribution in [-0.4, -0.2) is 49.0 Å². The van der Waals surface area contributed by atoms with Crippen molar-refractivity contribution in [1.82, 2.24) is 14.9 Å². The summed E-state index contributed by atoms with van der Waals surface area (Å²) < 4.78 is 23.5. The van der Waals surface area contributed by atoms with Crippen molar-refractivity contribution in [3.05, 3.63) is 46.7 Å². The molecule has 0 atom stereocenters. The molecular formula is C20H22N4O4S.